The molecule has 0 atom stereocenters. The Kier molecular flexibility index (Phi) is 23.8. The molecule has 0 unspecified atom stereocenters. The molecule has 0 radical (unpaired) electrons. The molecule has 1 rings (SSSR count). The van der Waals surface area contributed by atoms with Gasteiger partial charge in [0.05, 0.1) is 6.20 Å². The lowest BCUT2D eigenvalue weighted by atomic mass is 10.0. The van der Waals surface area contributed by atoms with Crippen LogP contribution in [0.25, 0.3) is 0 Å². The highest BCUT2D eigenvalue weighted by atomic mass is 16.6. The minimum Gasteiger partial charge on any atom is -0.461 e. The molecule has 1 heterocycles. The molecule has 0 aliphatic carbocycles. The number of esters is 1. The minimum absolute atomic E-state index is 0.0549. The first-order chi connectivity index (χ1) is 19.6. The molecule has 0 aromatic carbocycles. The minimum atomic E-state index is -0.445. The van der Waals surface area contributed by atoms with Gasteiger partial charge in [-0.1, -0.05) is 114 Å². The summed E-state index contributed by atoms with van der Waals surface area (Å²) in [5.41, 5.74) is 0.567. The Bertz CT molecular complexity index is 757. The molecule has 1 aromatic rings. The van der Waals surface area contributed by atoms with Crippen molar-refractivity contribution in [3.63, 3.8) is 0 Å². The van der Waals surface area contributed by atoms with Gasteiger partial charge in [0, 0.05) is 25.5 Å². The summed E-state index contributed by atoms with van der Waals surface area (Å²) in [7, 11) is 0. The highest BCUT2D eigenvalue weighted by molar-refractivity contribution is 5.69. The van der Waals surface area contributed by atoms with Gasteiger partial charge in [-0.25, -0.2) is 4.79 Å². The molecule has 7 nitrogen and oxygen atoms in total. The van der Waals surface area contributed by atoms with Crippen LogP contribution in [-0.2, 0) is 20.8 Å². The van der Waals surface area contributed by atoms with Gasteiger partial charge < -0.3 is 14.8 Å². The van der Waals surface area contributed by atoms with Crippen molar-refractivity contribution < 1.29 is 23.7 Å². The van der Waals surface area contributed by atoms with Crippen LogP contribution in [0.2, 0.25) is 0 Å². The van der Waals surface area contributed by atoms with E-state index in [1.165, 1.54) is 89.9 Å². The van der Waals surface area contributed by atoms with Crippen molar-refractivity contribution in [1.82, 2.24) is 10.4 Å². The first-order valence-electron chi connectivity index (χ1n) is 16.2. The van der Waals surface area contributed by atoms with Crippen LogP contribution in [0.1, 0.15) is 135 Å². The summed E-state index contributed by atoms with van der Waals surface area (Å²) in [5, 5.41) is 7.01. The molecule has 1 N–H and O–H groups in total. The van der Waals surface area contributed by atoms with E-state index in [9.17, 15) is 9.59 Å². The number of unbranched alkanes of at least 4 members (excludes halogenated alkanes) is 17. The molecule has 7 heteroatoms. The maximum absolute atomic E-state index is 11.9. The van der Waals surface area contributed by atoms with E-state index in [-0.39, 0.29) is 19.2 Å². The fourth-order valence-electron chi connectivity index (χ4n) is 4.59. The van der Waals surface area contributed by atoms with Crippen molar-refractivity contribution in [3.05, 3.63) is 36.7 Å². The van der Waals surface area contributed by atoms with Crippen LogP contribution in [0.5, 0.6) is 0 Å². The summed E-state index contributed by atoms with van der Waals surface area (Å²) in [6, 6.07) is 3.84. The summed E-state index contributed by atoms with van der Waals surface area (Å²) in [6.07, 6.45) is 27.6. The second-order valence-electron chi connectivity index (χ2n) is 11.0. The molecule has 1 amide bonds. The number of hydrogen-bond donors (Lipinski definition) is 1. The average molecular weight is 561 g/mol. The third-order valence-electron chi connectivity index (χ3n) is 7.08. The molecule has 0 saturated heterocycles. The Hall–Kier alpha value is -2.44. The van der Waals surface area contributed by atoms with Crippen LogP contribution in [0.15, 0.2) is 36.7 Å². The van der Waals surface area contributed by atoms with E-state index in [4.69, 9.17) is 9.47 Å². The van der Waals surface area contributed by atoms with Crippen molar-refractivity contribution in [3.8, 4) is 0 Å². The highest BCUT2D eigenvalue weighted by Gasteiger charge is 2.08. The lowest BCUT2D eigenvalue weighted by Crippen LogP contribution is -2.36. The quantitative estimate of drug-likeness (QED) is 0.0510. The van der Waals surface area contributed by atoms with Gasteiger partial charge in [0.1, 0.15) is 13.2 Å². The summed E-state index contributed by atoms with van der Waals surface area (Å²) in [6.45, 7) is 7.70. The molecule has 0 spiro atoms. The molecule has 40 heavy (non-hydrogen) atoms. The van der Waals surface area contributed by atoms with Gasteiger partial charge in [-0.3, -0.25) is 4.79 Å². The zero-order chi connectivity index (χ0) is 28.9. The molecule has 228 valence electrons. The highest BCUT2D eigenvalue weighted by Crippen LogP contribution is 2.13. The van der Waals surface area contributed by atoms with Crippen molar-refractivity contribution in [2.24, 2.45) is 0 Å². The number of aromatic nitrogens is 2. The van der Waals surface area contributed by atoms with Gasteiger partial charge >= 0.3 is 12.1 Å². The molecule has 0 aliphatic heterocycles. The largest absolute Gasteiger partial charge is 0.461 e. The van der Waals surface area contributed by atoms with E-state index in [1.807, 2.05) is 23.0 Å². The second-order valence-corrected chi connectivity index (χ2v) is 11.0. The average Bonchev–Trinajstić information content (AvgIpc) is 2.97. The van der Waals surface area contributed by atoms with Crippen LogP contribution in [0.3, 0.4) is 0 Å². The zero-order valence-electron chi connectivity index (χ0n) is 25.5. The van der Waals surface area contributed by atoms with Gasteiger partial charge in [0.25, 0.3) is 0 Å². The third-order valence-corrected chi connectivity index (χ3v) is 7.08. The molecule has 0 aliphatic rings. The summed E-state index contributed by atoms with van der Waals surface area (Å²) in [4.78, 5) is 23.8. The molecule has 1 aromatic heterocycles. The number of amides is 1. The molecule has 0 saturated carbocycles. The predicted molar refractivity (Wildman–Crippen MR) is 162 cm³/mol. The van der Waals surface area contributed by atoms with E-state index < -0.39 is 6.09 Å². The number of rotatable bonds is 27. The predicted octanol–water partition coefficient (Wildman–Crippen LogP) is 8.02. The number of alkyl carbamates (subject to hydrolysis) is 1. The SMILES string of the molecule is C=C(COC(=O)CCCCC[n+]1ccccn1)COC(=O)NCCCCCCCCCCCCCCCCCC. The molecule has 0 fully saturated rings. The lowest BCUT2D eigenvalue weighted by Gasteiger charge is -2.10. The van der Waals surface area contributed by atoms with Crippen molar-refractivity contribution in [1.29, 1.82) is 0 Å². The summed E-state index contributed by atoms with van der Waals surface area (Å²) >= 11 is 0. The zero-order valence-corrected chi connectivity index (χ0v) is 25.5. The Morgan fingerprint density at radius 3 is 1.85 bits per heavy atom. The van der Waals surface area contributed by atoms with Crippen LogP contribution in [0, 0.1) is 0 Å². The van der Waals surface area contributed by atoms with Gasteiger partial charge in [-0.2, -0.15) is 0 Å². The Morgan fingerprint density at radius 1 is 0.725 bits per heavy atom. The Morgan fingerprint density at radius 2 is 1.27 bits per heavy atom. The van der Waals surface area contributed by atoms with E-state index in [0.29, 0.717) is 18.5 Å². The first-order valence-corrected chi connectivity index (χ1v) is 16.2. The Balaban J connectivity index is 1.82. The number of aryl methyl sites for hydroxylation is 1. The van der Waals surface area contributed by atoms with E-state index in [0.717, 1.165) is 38.6 Å². The van der Waals surface area contributed by atoms with Gasteiger partial charge in [-0.05, 0) is 36.0 Å². The van der Waals surface area contributed by atoms with Crippen molar-refractivity contribution >= 4 is 12.1 Å². The fraction of sp³-hybridized carbons (Fsp3) is 0.758. The Labute approximate surface area is 244 Å². The van der Waals surface area contributed by atoms with Gasteiger partial charge in [0.15, 0.2) is 12.7 Å². The van der Waals surface area contributed by atoms with Crippen LogP contribution >= 0.6 is 0 Å². The smallest absolute Gasteiger partial charge is 0.407 e. The second kappa shape index (κ2) is 26.8. The van der Waals surface area contributed by atoms with Crippen LogP contribution in [0.4, 0.5) is 4.79 Å². The maximum Gasteiger partial charge on any atom is 0.407 e. The monoisotopic (exact) mass is 560 g/mol. The van der Waals surface area contributed by atoms with Crippen LogP contribution in [-0.4, -0.2) is 36.9 Å². The van der Waals surface area contributed by atoms with E-state index in [1.54, 1.807) is 6.20 Å². The topological polar surface area (TPSA) is 81.4 Å². The molecular weight excluding hydrogens is 502 g/mol. The number of nitrogens with one attached hydrogen (secondary N) is 1. The fourth-order valence-corrected chi connectivity index (χ4v) is 4.59. The van der Waals surface area contributed by atoms with Crippen molar-refractivity contribution in [2.75, 3.05) is 19.8 Å². The van der Waals surface area contributed by atoms with Gasteiger partial charge in [-0.15, -0.1) is 0 Å². The normalized spacial score (nSPS) is 10.8. The number of nitrogens with zero attached hydrogens (tertiary/aromatic N) is 2. The number of hydrogen-bond acceptors (Lipinski definition) is 5. The van der Waals surface area contributed by atoms with E-state index in [2.05, 4.69) is 23.9 Å². The third kappa shape index (κ3) is 23.4. The number of ether oxygens (including phenoxy) is 2. The van der Waals surface area contributed by atoms with E-state index >= 15 is 0 Å². The molecular formula is C33H58N3O4+. The maximum atomic E-state index is 11.9. The van der Waals surface area contributed by atoms with Gasteiger partial charge in [0.2, 0.25) is 0 Å². The number of carbonyl (C=O) groups is 2. The van der Waals surface area contributed by atoms with Crippen LogP contribution < -0.4 is 10.00 Å². The molecule has 0 bridgehead atoms. The first kappa shape index (κ1) is 35.6. The summed E-state index contributed by atoms with van der Waals surface area (Å²) in [5.74, 6) is -0.250. The standard InChI is InChI=1S/C33H57N3O4/c1-3-4-5-6-7-8-9-10-11-12-13-14-15-16-17-20-25-34-33(38)40-30-31(2)29-39-32(37)24-19-18-22-27-36-28-23-21-26-35-36/h21,23,26,28H,2-20,22,24-25,27,29-30H2,1H3/p+1. The lowest BCUT2D eigenvalue weighted by molar-refractivity contribution is -0.754. The number of carbonyl (C=O) groups excluding carboxylic acids is 2. The van der Waals surface area contributed by atoms with Crippen molar-refractivity contribution in [2.45, 2.75) is 142 Å². The summed E-state index contributed by atoms with van der Waals surface area (Å²) < 4.78 is 12.3.